The van der Waals surface area contributed by atoms with Crippen LogP contribution in [-0.2, 0) is 16.0 Å². The number of nitrogens with zero attached hydrogens (tertiary/aromatic N) is 2. The predicted molar refractivity (Wildman–Crippen MR) is 146 cm³/mol. The van der Waals surface area contributed by atoms with E-state index >= 15 is 0 Å². The molecule has 9 nitrogen and oxygen atoms in total. The molecule has 0 unspecified atom stereocenters. The second-order valence-corrected chi connectivity index (χ2v) is 8.85. The summed E-state index contributed by atoms with van der Waals surface area (Å²) in [6.07, 6.45) is 0.114. The fourth-order valence-electron chi connectivity index (χ4n) is 3.79. The number of hydrogen-bond acceptors (Lipinski definition) is 6. The fourth-order valence-corrected chi connectivity index (χ4v) is 4.02. The van der Waals surface area contributed by atoms with Crippen LogP contribution in [0.4, 0.5) is 16.2 Å². The minimum absolute atomic E-state index is 0.114. The molecular formula is C28H30ClN3O6. The first kappa shape index (κ1) is 28.3. The molecular weight excluding hydrogens is 510 g/mol. The third kappa shape index (κ3) is 6.74. The van der Waals surface area contributed by atoms with Crippen LogP contribution in [0.3, 0.4) is 0 Å². The molecule has 200 valence electrons. The van der Waals surface area contributed by atoms with E-state index in [4.69, 9.17) is 26.8 Å². The van der Waals surface area contributed by atoms with Crippen LogP contribution in [0.15, 0.2) is 60.7 Å². The third-order valence-corrected chi connectivity index (χ3v) is 6.18. The summed E-state index contributed by atoms with van der Waals surface area (Å²) in [6.45, 7) is 2.40. The number of nitrogens with two attached hydrogens (primary N) is 1. The van der Waals surface area contributed by atoms with Crippen molar-refractivity contribution in [3.8, 4) is 11.5 Å². The lowest BCUT2D eigenvalue weighted by Crippen LogP contribution is -2.33. The Morgan fingerprint density at radius 3 is 2.32 bits per heavy atom. The molecule has 10 heteroatoms. The highest BCUT2D eigenvalue weighted by Gasteiger charge is 2.22. The number of esters is 1. The molecule has 0 aliphatic carbocycles. The smallest absolute Gasteiger partial charge is 0.337 e. The maximum Gasteiger partial charge on any atom is 0.337 e. The average molecular weight is 540 g/mol. The number of carbonyl (C=O) groups excluding carboxylic acids is 3. The van der Waals surface area contributed by atoms with Crippen LogP contribution in [0.25, 0.3) is 0 Å². The number of amides is 3. The summed E-state index contributed by atoms with van der Waals surface area (Å²) < 4.78 is 15.9. The molecule has 0 saturated carbocycles. The fraction of sp³-hybridized carbons (Fsp3) is 0.250. The summed E-state index contributed by atoms with van der Waals surface area (Å²) in [7, 11) is 4.46. The molecule has 2 N–H and O–H groups in total. The van der Waals surface area contributed by atoms with Crippen molar-refractivity contribution in [3.05, 3.63) is 82.4 Å². The van der Waals surface area contributed by atoms with Crippen LogP contribution in [-0.4, -0.2) is 57.2 Å². The molecule has 3 amide bonds. The average Bonchev–Trinajstić information content (AvgIpc) is 2.90. The maximum absolute atomic E-state index is 12.8. The van der Waals surface area contributed by atoms with Crippen LogP contribution in [0.5, 0.6) is 11.5 Å². The van der Waals surface area contributed by atoms with Crippen molar-refractivity contribution < 1.29 is 28.6 Å². The number of benzene rings is 3. The predicted octanol–water partition coefficient (Wildman–Crippen LogP) is 4.74. The number of likely N-dealkylation sites (N-methyl/N-ethyl adjacent to an activating group) is 1. The van der Waals surface area contributed by atoms with Crippen molar-refractivity contribution in [2.24, 2.45) is 5.73 Å². The number of aryl methyl sites for hydroxylation is 1. The summed E-state index contributed by atoms with van der Waals surface area (Å²) in [6, 6.07) is 16.5. The standard InChI is InChI=1S/C28H30ClN3O6/c1-18-7-5-6-8-22(18)32(28(30)35)23-11-9-19(15-25(23)36-3)16-26(33)31(2)13-14-38-24-12-10-20(17-21(24)29)27(34)37-4/h5-12,15,17H,13-14,16H2,1-4H3,(H2,30,35). The summed E-state index contributed by atoms with van der Waals surface area (Å²) in [4.78, 5) is 39.7. The molecule has 0 fully saturated rings. The molecule has 38 heavy (non-hydrogen) atoms. The molecule has 0 heterocycles. The molecule has 0 aromatic heterocycles. The van der Waals surface area contributed by atoms with Gasteiger partial charge in [0.1, 0.15) is 18.1 Å². The lowest BCUT2D eigenvalue weighted by atomic mass is 10.1. The first-order chi connectivity index (χ1) is 18.2. The van der Waals surface area contributed by atoms with Crippen LogP contribution in [0, 0.1) is 6.92 Å². The Kier molecular flexibility index (Phi) is 9.56. The van der Waals surface area contributed by atoms with Gasteiger partial charge in [-0.05, 0) is 54.4 Å². The van der Waals surface area contributed by atoms with E-state index in [9.17, 15) is 14.4 Å². The molecule has 0 spiro atoms. The number of methoxy groups -OCH3 is 2. The number of rotatable bonds is 10. The minimum atomic E-state index is -0.652. The SMILES string of the molecule is COC(=O)c1ccc(OCCN(C)C(=O)Cc2ccc(N(C(N)=O)c3ccccc3C)c(OC)c2)c(Cl)c1. The molecule has 0 atom stereocenters. The topological polar surface area (TPSA) is 111 Å². The molecule has 0 aliphatic heterocycles. The normalized spacial score (nSPS) is 10.4. The summed E-state index contributed by atoms with van der Waals surface area (Å²) in [5.41, 5.74) is 8.72. The number of primary amides is 1. The van der Waals surface area contributed by atoms with Gasteiger partial charge < -0.3 is 24.8 Å². The van der Waals surface area contributed by atoms with Crippen molar-refractivity contribution in [1.29, 1.82) is 0 Å². The molecule has 0 radical (unpaired) electrons. The van der Waals surface area contributed by atoms with E-state index in [1.165, 1.54) is 25.2 Å². The number of carbonyl (C=O) groups is 3. The van der Waals surface area contributed by atoms with Gasteiger partial charge in [-0.2, -0.15) is 0 Å². The largest absolute Gasteiger partial charge is 0.495 e. The van der Waals surface area contributed by atoms with Crippen LogP contribution in [0.1, 0.15) is 21.5 Å². The quantitative estimate of drug-likeness (QED) is 0.372. The Morgan fingerprint density at radius 2 is 1.68 bits per heavy atom. The van der Waals surface area contributed by atoms with Gasteiger partial charge in [0.05, 0.1) is 49.1 Å². The van der Waals surface area contributed by atoms with Crippen LogP contribution >= 0.6 is 11.6 Å². The maximum atomic E-state index is 12.8. The Labute approximate surface area is 226 Å². The number of ether oxygens (including phenoxy) is 3. The van der Waals surface area contributed by atoms with Crippen molar-refractivity contribution in [3.63, 3.8) is 0 Å². The van der Waals surface area contributed by atoms with Crippen LogP contribution < -0.4 is 20.1 Å². The Hall–Kier alpha value is -4.24. The van der Waals surface area contributed by atoms with E-state index < -0.39 is 12.0 Å². The molecule has 0 bridgehead atoms. The monoisotopic (exact) mass is 539 g/mol. The number of urea groups is 1. The number of hydrogen-bond donors (Lipinski definition) is 1. The van der Waals surface area contributed by atoms with E-state index in [-0.39, 0.29) is 24.0 Å². The molecule has 3 aromatic rings. The van der Waals surface area contributed by atoms with E-state index in [2.05, 4.69) is 4.74 Å². The van der Waals surface area contributed by atoms with Gasteiger partial charge in [-0.3, -0.25) is 9.69 Å². The first-order valence-corrected chi connectivity index (χ1v) is 12.1. The summed E-state index contributed by atoms with van der Waals surface area (Å²) in [5, 5.41) is 0.268. The van der Waals surface area contributed by atoms with Gasteiger partial charge >= 0.3 is 12.0 Å². The van der Waals surface area contributed by atoms with E-state index in [1.54, 1.807) is 48.3 Å². The Bertz CT molecular complexity index is 1330. The Morgan fingerprint density at radius 1 is 0.947 bits per heavy atom. The highest BCUT2D eigenvalue weighted by Crippen LogP contribution is 2.36. The highest BCUT2D eigenvalue weighted by atomic mass is 35.5. The molecule has 3 aromatic carbocycles. The van der Waals surface area contributed by atoms with Gasteiger partial charge in [-0.1, -0.05) is 35.9 Å². The minimum Gasteiger partial charge on any atom is -0.495 e. The Balaban J connectivity index is 1.65. The number of halogens is 1. The van der Waals surface area contributed by atoms with Gasteiger partial charge in [0.2, 0.25) is 5.91 Å². The summed E-state index contributed by atoms with van der Waals surface area (Å²) >= 11 is 6.19. The zero-order valence-corrected chi connectivity index (χ0v) is 22.4. The van der Waals surface area contributed by atoms with Gasteiger partial charge in [-0.15, -0.1) is 0 Å². The van der Waals surface area contributed by atoms with Crippen molar-refractivity contribution in [1.82, 2.24) is 4.90 Å². The van der Waals surface area contributed by atoms with Gasteiger partial charge in [0, 0.05) is 7.05 Å². The second-order valence-electron chi connectivity index (χ2n) is 8.44. The van der Waals surface area contributed by atoms with E-state index in [0.29, 0.717) is 40.5 Å². The zero-order valence-electron chi connectivity index (χ0n) is 21.7. The number of anilines is 2. The van der Waals surface area contributed by atoms with Crippen molar-refractivity contribution in [2.45, 2.75) is 13.3 Å². The van der Waals surface area contributed by atoms with E-state index in [1.807, 2.05) is 25.1 Å². The highest BCUT2D eigenvalue weighted by molar-refractivity contribution is 6.32. The van der Waals surface area contributed by atoms with Gasteiger partial charge in [0.15, 0.2) is 0 Å². The van der Waals surface area contributed by atoms with Crippen molar-refractivity contribution >= 4 is 40.9 Å². The number of para-hydroxylation sites is 1. The lowest BCUT2D eigenvalue weighted by Gasteiger charge is -2.25. The van der Waals surface area contributed by atoms with E-state index in [0.717, 1.165) is 5.56 Å². The van der Waals surface area contributed by atoms with Crippen LogP contribution in [0.2, 0.25) is 5.02 Å². The third-order valence-electron chi connectivity index (χ3n) is 5.88. The van der Waals surface area contributed by atoms with Gasteiger partial charge in [-0.25, -0.2) is 9.59 Å². The molecule has 0 saturated heterocycles. The van der Waals surface area contributed by atoms with Crippen molar-refractivity contribution in [2.75, 3.05) is 39.3 Å². The molecule has 0 aliphatic rings. The first-order valence-electron chi connectivity index (χ1n) is 11.7. The lowest BCUT2D eigenvalue weighted by molar-refractivity contribution is -0.129. The van der Waals surface area contributed by atoms with Gasteiger partial charge in [0.25, 0.3) is 0 Å². The molecule has 3 rings (SSSR count). The second kappa shape index (κ2) is 12.8. The summed E-state index contributed by atoms with van der Waals surface area (Å²) in [5.74, 6) is 0.175. The zero-order chi connectivity index (χ0) is 27.8.